The van der Waals surface area contributed by atoms with Gasteiger partial charge in [-0.15, -0.1) is 5.10 Å². The zero-order chi connectivity index (χ0) is 25.6. The van der Waals surface area contributed by atoms with Crippen LogP contribution in [-0.2, 0) is 18.2 Å². The Bertz CT molecular complexity index is 1190. The van der Waals surface area contributed by atoms with Crippen LogP contribution in [0.2, 0.25) is 0 Å². The van der Waals surface area contributed by atoms with Crippen LogP contribution >= 0.6 is 0 Å². The molecule has 2 N–H and O–H groups in total. The van der Waals surface area contributed by atoms with Crippen molar-refractivity contribution in [3.05, 3.63) is 59.9 Å². The number of rotatable bonds is 7. The number of hydrogen-bond donors (Lipinski definition) is 2. The molecule has 0 spiro atoms. The second-order valence-electron chi connectivity index (χ2n) is 10.1. The van der Waals surface area contributed by atoms with E-state index in [0.717, 1.165) is 44.5 Å². The quantitative estimate of drug-likeness (QED) is 0.508. The van der Waals surface area contributed by atoms with Crippen molar-refractivity contribution in [3.8, 4) is 11.4 Å². The molecule has 10 heteroatoms. The molecule has 5 rings (SSSR count). The molecule has 3 atom stereocenters. The van der Waals surface area contributed by atoms with E-state index in [0.29, 0.717) is 30.6 Å². The van der Waals surface area contributed by atoms with Crippen LogP contribution in [0.15, 0.2) is 48.5 Å². The fraction of sp³-hybridized carbons (Fsp3) is 0.481. The molecule has 0 saturated carbocycles. The first-order valence-electron chi connectivity index (χ1n) is 13.0. The number of halogens is 1. The molecule has 2 aromatic carbocycles. The molecule has 0 radical (unpaired) electrons. The third-order valence-electron chi connectivity index (χ3n) is 7.32. The van der Waals surface area contributed by atoms with Gasteiger partial charge in [-0.25, -0.2) is 13.9 Å². The maximum Gasteiger partial charge on any atom is 0.319 e. The van der Waals surface area contributed by atoms with Gasteiger partial charge in [-0.3, -0.25) is 0 Å². The number of carbonyl (C=O) groups is 1. The predicted molar refractivity (Wildman–Crippen MR) is 138 cm³/mol. The SMILES string of the molecule is Cn1nnnc1-c1cccc(NC(=O)N[C@@H]2CCOC[C@@H]2CN2CCCC(Cc3ccc(F)cc3)C2)c1. The topological polar surface area (TPSA) is 97.2 Å². The third-order valence-corrected chi connectivity index (χ3v) is 7.32. The van der Waals surface area contributed by atoms with Gasteiger partial charge in [-0.05, 0) is 78.4 Å². The van der Waals surface area contributed by atoms with Gasteiger partial charge in [0.1, 0.15) is 5.82 Å². The van der Waals surface area contributed by atoms with Crippen LogP contribution in [0.3, 0.4) is 0 Å². The Morgan fingerprint density at radius 1 is 1.19 bits per heavy atom. The zero-order valence-corrected chi connectivity index (χ0v) is 21.1. The monoisotopic (exact) mass is 507 g/mol. The Labute approximate surface area is 216 Å². The number of aromatic nitrogens is 4. The van der Waals surface area contributed by atoms with Crippen molar-refractivity contribution in [2.75, 3.05) is 38.2 Å². The second kappa shape index (κ2) is 11.8. The molecule has 9 nitrogen and oxygen atoms in total. The smallest absolute Gasteiger partial charge is 0.319 e. The average molecular weight is 508 g/mol. The molecule has 196 valence electrons. The first-order chi connectivity index (χ1) is 18.0. The van der Waals surface area contributed by atoms with Crippen molar-refractivity contribution in [2.45, 2.75) is 31.7 Å². The van der Waals surface area contributed by atoms with Crippen LogP contribution < -0.4 is 10.6 Å². The first kappa shape index (κ1) is 25.3. The number of likely N-dealkylation sites (tertiary alicyclic amines) is 1. The van der Waals surface area contributed by atoms with Crippen LogP contribution in [0.5, 0.6) is 0 Å². The zero-order valence-electron chi connectivity index (χ0n) is 21.1. The molecule has 2 amide bonds. The molecule has 3 aromatic rings. The Kier molecular flexibility index (Phi) is 8.05. The molecular formula is C27H34FN7O2. The van der Waals surface area contributed by atoms with E-state index in [-0.39, 0.29) is 23.8 Å². The lowest BCUT2D eigenvalue weighted by atomic mass is 9.89. The molecule has 2 aliphatic rings. The van der Waals surface area contributed by atoms with Crippen molar-refractivity contribution >= 4 is 11.7 Å². The van der Waals surface area contributed by atoms with Crippen LogP contribution in [-0.4, -0.2) is 70.0 Å². The van der Waals surface area contributed by atoms with Gasteiger partial charge in [0.2, 0.25) is 0 Å². The standard InChI is InChI=1S/C27H34FN7O2/c1-34-26(31-32-33-34)21-5-2-6-24(15-21)29-27(36)30-25-11-13-37-18-22(25)17-35-12-3-4-20(16-35)14-19-7-9-23(28)10-8-19/h2,5-10,15,20,22,25H,3-4,11-14,16-18H2,1H3,(H2,29,30,36)/t20?,22-,25+/m0/s1. The maximum absolute atomic E-state index is 13.3. The highest BCUT2D eigenvalue weighted by atomic mass is 19.1. The summed E-state index contributed by atoms with van der Waals surface area (Å²) >= 11 is 0. The van der Waals surface area contributed by atoms with Gasteiger partial charge in [0.15, 0.2) is 5.82 Å². The minimum Gasteiger partial charge on any atom is -0.381 e. The number of ether oxygens (including phenoxy) is 1. The molecule has 0 aliphatic carbocycles. The number of amides is 2. The fourth-order valence-electron chi connectivity index (χ4n) is 5.48. The highest BCUT2D eigenvalue weighted by molar-refractivity contribution is 5.90. The van der Waals surface area contributed by atoms with E-state index in [2.05, 4.69) is 31.1 Å². The number of anilines is 1. The third kappa shape index (κ3) is 6.69. The number of carbonyl (C=O) groups excluding carboxylic acids is 1. The number of hydrogen-bond acceptors (Lipinski definition) is 6. The largest absolute Gasteiger partial charge is 0.381 e. The van der Waals surface area contributed by atoms with E-state index in [1.807, 2.05) is 36.4 Å². The Morgan fingerprint density at radius 3 is 2.86 bits per heavy atom. The number of piperidine rings is 1. The van der Waals surface area contributed by atoms with Crippen molar-refractivity contribution in [3.63, 3.8) is 0 Å². The van der Waals surface area contributed by atoms with Crippen molar-refractivity contribution < 1.29 is 13.9 Å². The Balaban J connectivity index is 1.16. The van der Waals surface area contributed by atoms with Crippen LogP contribution in [0.4, 0.5) is 14.9 Å². The number of nitrogens with one attached hydrogen (secondary N) is 2. The number of aryl methyl sites for hydroxylation is 1. The molecular weight excluding hydrogens is 473 g/mol. The first-order valence-corrected chi connectivity index (χ1v) is 13.0. The van der Waals surface area contributed by atoms with E-state index in [1.165, 1.54) is 12.0 Å². The van der Waals surface area contributed by atoms with Gasteiger partial charge in [0, 0.05) is 50.0 Å². The van der Waals surface area contributed by atoms with Crippen LogP contribution in [0.25, 0.3) is 11.4 Å². The van der Waals surface area contributed by atoms with Gasteiger partial charge in [0.25, 0.3) is 0 Å². The minimum atomic E-state index is -0.224. The number of benzene rings is 2. The van der Waals surface area contributed by atoms with Crippen molar-refractivity contribution in [2.24, 2.45) is 18.9 Å². The van der Waals surface area contributed by atoms with Gasteiger partial charge in [0.05, 0.1) is 6.61 Å². The second-order valence-corrected chi connectivity index (χ2v) is 10.1. The lowest BCUT2D eigenvalue weighted by Gasteiger charge is -2.39. The maximum atomic E-state index is 13.3. The fourth-order valence-corrected chi connectivity index (χ4v) is 5.48. The summed E-state index contributed by atoms with van der Waals surface area (Å²) in [7, 11) is 1.78. The van der Waals surface area contributed by atoms with Gasteiger partial charge >= 0.3 is 6.03 Å². The summed E-state index contributed by atoms with van der Waals surface area (Å²) in [5, 5.41) is 17.7. The molecule has 2 saturated heterocycles. The summed E-state index contributed by atoms with van der Waals surface area (Å²) in [4.78, 5) is 15.4. The number of tetrazole rings is 1. The molecule has 1 unspecified atom stereocenters. The number of nitrogens with zero attached hydrogens (tertiary/aromatic N) is 5. The lowest BCUT2D eigenvalue weighted by Crippen LogP contribution is -2.51. The lowest BCUT2D eigenvalue weighted by molar-refractivity contribution is 0.0134. The molecule has 2 aliphatic heterocycles. The molecule has 37 heavy (non-hydrogen) atoms. The van der Waals surface area contributed by atoms with Gasteiger partial charge in [-0.1, -0.05) is 24.3 Å². The van der Waals surface area contributed by atoms with Crippen molar-refractivity contribution in [1.29, 1.82) is 0 Å². The minimum absolute atomic E-state index is 0.0392. The summed E-state index contributed by atoms with van der Waals surface area (Å²) in [6.45, 7) is 4.23. The van der Waals surface area contributed by atoms with Crippen molar-refractivity contribution in [1.82, 2.24) is 30.4 Å². The predicted octanol–water partition coefficient (Wildman–Crippen LogP) is 3.50. The van der Waals surface area contributed by atoms with E-state index in [4.69, 9.17) is 4.74 Å². The Hall–Kier alpha value is -3.37. The normalized spacial score (nSPS) is 22.5. The van der Waals surface area contributed by atoms with E-state index >= 15 is 0 Å². The highest BCUT2D eigenvalue weighted by Gasteiger charge is 2.31. The summed E-state index contributed by atoms with van der Waals surface area (Å²) in [5.74, 6) is 1.21. The van der Waals surface area contributed by atoms with Gasteiger partial charge in [-0.2, -0.15) is 0 Å². The van der Waals surface area contributed by atoms with E-state index in [1.54, 1.807) is 23.9 Å². The summed E-state index contributed by atoms with van der Waals surface area (Å²) in [6.07, 6.45) is 4.08. The van der Waals surface area contributed by atoms with E-state index in [9.17, 15) is 9.18 Å². The highest BCUT2D eigenvalue weighted by Crippen LogP contribution is 2.25. The van der Waals surface area contributed by atoms with Crippen LogP contribution in [0.1, 0.15) is 24.8 Å². The molecule has 3 heterocycles. The van der Waals surface area contributed by atoms with Gasteiger partial charge < -0.3 is 20.3 Å². The molecule has 0 bridgehead atoms. The van der Waals surface area contributed by atoms with E-state index < -0.39 is 0 Å². The van der Waals surface area contributed by atoms with Crippen LogP contribution in [0, 0.1) is 17.7 Å². The molecule has 1 aromatic heterocycles. The Morgan fingerprint density at radius 2 is 2.05 bits per heavy atom. The summed E-state index contributed by atoms with van der Waals surface area (Å²) < 4.78 is 20.7. The molecule has 2 fully saturated rings. The number of urea groups is 1. The summed E-state index contributed by atoms with van der Waals surface area (Å²) in [6, 6.07) is 14.2. The summed E-state index contributed by atoms with van der Waals surface area (Å²) in [5.41, 5.74) is 2.70. The average Bonchev–Trinajstić information content (AvgIpc) is 3.33.